The van der Waals surface area contributed by atoms with Gasteiger partial charge in [0, 0.05) is 31.2 Å². The molecule has 0 bridgehead atoms. The van der Waals surface area contributed by atoms with Crippen LogP contribution in [-0.2, 0) is 4.74 Å². The van der Waals surface area contributed by atoms with E-state index in [-0.39, 0.29) is 0 Å². The Hall–Kier alpha value is -2.59. The van der Waals surface area contributed by atoms with Gasteiger partial charge in [-0.2, -0.15) is 0 Å². The van der Waals surface area contributed by atoms with Crippen molar-refractivity contribution >= 4 is 22.4 Å². The topological polar surface area (TPSA) is 37.4 Å². The summed E-state index contributed by atoms with van der Waals surface area (Å²) in [6.45, 7) is 5.47. The van der Waals surface area contributed by atoms with Gasteiger partial charge in [0.05, 0.1) is 18.7 Å². The van der Waals surface area contributed by atoms with Crippen LogP contribution in [0, 0.1) is 6.92 Å². The van der Waals surface area contributed by atoms with E-state index in [9.17, 15) is 0 Å². The maximum atomic E-state index is 5.50. The molecule has 1 aliphatic rings. The average molecular weight is 333 g/mol. The standard InChI is InChI=1S/C21H23N3O/c1-15-5-3-4-6-17(15)18-14-21(24-9-11-25-12-10-24)23-20-8-7-16(22-2)13-19(18)20/h3-8,13-14,22H,9-12H2,1-2H3. The first-order valence-corrected chi connectivity index (χ1v) is 8.77. The van der Waals surface area contributed by atoms with Crippen molar-refractivity contribution in [2.24, 2.45) is 0 Å². The van der Waals surface area contributed by atoms with Crippen LogP contribution in [0.25, 0.3) is 22.0 Å². The van der Waals surface area contributed by atoms with Gasteiger partial charge in [0.2, 0.25) is 0 Å². The third-order valence-corrected chi connectivity index (χ3v) is 4.85. The molecular weight excluding hydrogens is 310 g/mol. The summed E-state index contributed by atoms with van der Waals surface area (Å²) < 4.78 is 5.50. The molecular formula is C21H23N3O. The van der Waals surface area contributed by atoms with E-state index in [1.807, 2.05) is 7.05 Å². The van der Waals surface area contributed by atoms with Crippen LogP contribution >= 0.6 is 0 Å². The molecule has 0 spiro atoms. The lowest BCUT2D eigenvalue weighted by atomic mass is 9.96. The molecule has 4 heteroatoms. The molecule has 0 unspecified atom stereocenters. The number of rotatable bonds is 3. The van der Waals surface area contributed by atoms with E-state index in [2.05, 4.69) is 65.7 Å². The van der Waals surface area contributed by atoms with Crippen LogP contribution in [0.4, 0.5) is 11.5 Å². The van der Waals surface area contributed by atoms with Crippen LogP contribution in [0.15, 0.2) is 48.5 Å². The Morgan fingerprint density at radius 2 is 1.80 bits per heavy atom. The molecule has 4 rings (SSSR count). The number of hydrogen-bond acceptors (Lipinski definition) is 4. The fourth-order valence-corrected chi connectivity index (χ4v) is 3.42. The molecule has 0 aliphatic carbocycles. The van der Waals surface area contributed by atoms with Gasteiger partial charge in [0.15, 0.2) is 0 Å². The minimum absolute atomic E-state index is 0.762. The Bertz CT molecular complexity index is 901. The van der Waals surface area contributed by atoms with Gasteiger partial charge in [-0.25, -0.2) is 4.98 Å². The summed E-state index contributed by atoms with van der Waals surface area (Å²) in [4.78, 5) is 7.25. The first kappa shape index (κ1) is 15.9. The Kier molecular flexibility index (Phi) is 4.28. The van der Waals surface area contributed by atoms with Crippen LogP contribution in [0.2, 0.25) is 0 Å². The van der Waals surface area contributed by atoms with Crippen molar-refractivity contribution in [3.8, 4) is 11.1 Å². The summed E-state index contributed by atoms with van der Waals surface area (Å²) in [5.74, 6) is 1.03. The summed E-state index contributed by atoms with van der Waals surface area (Å²) in [6.07, 6.45) is 0. The summed E-state index contributed by atoms with van der Waals surface area (Å²) >= 11 is 0. The molecule has 2 aromatic carbocycles. The first-order chi connectivity index (χ1) is 12.3. The van der Waals surface area contributed by atoms with Crippen LogP contribution in [-0.4, -0.2) is 38.3 Å². The summed E-state index contributed by atoms with van der Waals surface area (Å²) in [6, 6.07) is 17.2. The highest BCUT2D eigenvalue weighted by atomic mass is 16.5. The lowest BCUT2D eigenvalue weighted by Gasteiger charge is -2.28. The third kappa shape index (κ3) is 3.05. The fourth-order valence-electron chi connectivity index (χ4n) is 3.42. The van der Waals surface area contributed by atoms with Crippen LogP contribution < -0.4 is 10.2 Å². The number of fused-ring (bicyclic) bond motifs is 1. The molecule has 1 fully saturated rings. The molecule has 0 atom stereocenters. The summed E-state index contributed by atoms with van der Waals surface area (Å²) in [5.41, 5.74) is 5.90. The highest BCUT2D eigenvalue weighted by Crippen LogP contribution is 2.34. The molecule has 1 N–H and O–H groups in total. The van der Waals surface area contributed by atoms with E-state index >= 15 is 0 Å². The van der Waals surface area contributed by atoms with E-state index in [4.69, 9.17) is 9.72 Å². The molecule has 0 saturated carbocycles. The predicted molar refractivity (Wildman–Crippen MR) is 104 cm³/mol. The predicted octanol–water partition coefficient (Wildman–Crippen LogP) is 4.09. The number of aromatic nitrogens is 1. The van der Waals surface area contributed by atoms with E-state index in [1.165, 1.54) is 22.1 Å². The minimum atomic E-state index is 0.762. The summed E-state index contributed by atoms with van der Waals surface area (Å²) in [5, 5.41) is 4.41. The van der Waals surface area contributed by atoms with Gasteiger partial charge >= 0.3 is 0 Å². The van der Waals surface area contributed by atoms with Crippen LogP contribution in [0.5, 0.6) is 0 Å². The van der Waals surface area contributed by atoms with Crippen molar-refractivity contribution in [2.75, 3.05) is 43.6 Å². The number of ether oxygens (including phenoxy) is 1. The average Bonchev–Trinajstić information content (AvgIpc) is 2.68. The maximum absolute atomic E-state index is 5.50. The molecule has 1 saturated heterocycles. The molecule has 1 aromatic heterocycles. The van der Waals surface area contributed by atoms with Gasteiger partial charge in [-0.05, 0) is 47.9 Å². The third-order valence-electron chi connectivity index (χ3n) is 4.85. The Balaban J connectivity index is 1.94. The van der Waals surface area contributed by atoms with Crippen molar-refractivity contribution in [2.45, 2.75) is 6.92 Å². The maximum Gasteiger partial charge on any atom is 0.130 e. The number of morpholine rings is 1. The molecule has 2 heterocycles. The number of pyridine rings is 1. The molecule has 25 heavy (non-hydrogen) atoms. The Morgan fingerprint density at radius 1 is 1.00 bits per heavy atom. The lowest BCUT2D eigenvalue weighted by molar-refractivity contribution is 0.122. The van der Waals surface area contributed by atoms with Crippen molar-refractivity contribution < 1.29 is 4.74 Å². The minimum Gasteiger partial charge on any atom is -0.388 e. The number of hydrogen-bond donors (Lipinski definition) is 1. The zero-order valence-electron chi connectivity index (χ0n) is 14.7. The number of nitrogens with one attached hydrogen (secondary N) is 1. The number of nitrogens with zero attached hydrogens (tertiary/aromatic N) is 2. The van der Waals surface area contributed by atoms with E-state index in [0.717, 1.165) is 43.3 Å². The van der Waals surface area contributed by atoms with Gasteiger partial charge in [0.25, 0.3) is 0 Å². The van der Waals surface area contributed by atoms with Gasteiger partial charge in [0.1, 0.15) is 5.82 Å². The highest BCUT2D eigenvalue weighted by Gasteiger charge is 2.16. The molecule has 0 amide bonds. The molecule has 0 radical (unpaired) electrons. The van der Waals surface area contributed by atoms with E-state index in [0.29, 0.717) is 0 Å². The van der Waals surface area contributed by atoms with E-state index in [1.54, 1.807) is 0 Å². The van der Waals surface area contributed by atoms with Crippen molar-refractivity contribution in [3.05, 3.63) is 54.1 Å². The summed E-state index contributed by atoms with van der Waals surface area (Å²) in [7, 11) is 1.95. The van der Waals surface area contributed by atoms with Gasteiger partial charge in [-0.3, -0.25) is 0 Å². The number of benzene rings is 2. The Morgan fingerprint density at radius 3 is 2.56 bits per heavy atom. The highest BCUT2D eigenvalue weighted by molar-refractivity contribution is 5.98. The van der Waals surface area contributed by atoms with Gasteiger partial charge in [-0.15, -0.1) is 0 Å². The van der Waals surface area contributed by atoms with Crippen LogP contribution in [0.1, 0.15) is 5.56 Å². The lowest BCUT2D eigenvalue weighted by Crippen LogP contribution is -2.36. The number of anilines is 2. The van der Waals surface area contributed by atoms with Crippen molar-refractivity contribution in [3.63, 3.8) is 0 Å². The second-order valence-electron chi connectivity index (χ2n) is 6.42. The van der Waals surface area contributed by atoms with Crippen molar-refractivity contribution in [1.82, 2.24) is 4.98 Å². The molecule has 3 aromatic rings. The zero-order chi connectivity index (χ0) is 17.2. The second-order valence-corrected chi connectivity index (χ2v) is 6.42. The first-order valence-electron chi connectivity index (χ1n) is 8.77. The molecule has 1 aliphatic heterocycles. The normalized spacial score (nSPS) is 14.7. The second kappa shape index (κ2) is 6.73. The number of aryl methyl sites for hydroxylation is 1. The quantitative estimate of drug-likeness (QED) is 0.783. The van der Waals surface area contributed by atoms with Crippen molar-refractivity contribution in [1.29, 1.82) is 0 Å². The van der Waals surface area contributed by atoms with Gasteiger partial charge < -0.3 is 15.0 Å². The van der Waals surface area contributed by atoms with Gasteiger partial charge in [-0.1, -0.05) is 24.3 Å². The molecule has 4 nitrogen and oxygen atoms in total. The SMILES string of the molecule is CNc1ccc2nc(N3CCOCC3)cc(-c3ccccc3C)c2c1. The largest absolute Gasteiger partial charge is 0.388 e. The van der Waals surface area contributed by atoms with E-state index < -0.39 is 0 Å². The smallest absolute Gasteiger partial charge is 0.130 e. The Labute approximate surface area is 148 Å². The zero-order valence-corrected chi connectivity index (χ0v) is 14.7. The monoisotopic (exact) mass is 333 g/mol. The molecule has 128 valence electrons. The van der Waals surface area contributed by atoms with Crippen LogP contribution in [0.3, 0.4) is 0 Å². The fraction of sp³-hybridized carbons (Fsp3) is 0.286.